The average molecular weight is 580 g/mol. The SMILES string of the molecule is Cc1c(-c2c3c(cc[n+]2C)c2cc(CC(C)(C)C(F)(F)F)ccc2n3-c2ccccc2)cc(C(C)(C)C)c2ccccc12. The number of rotatable bonds is 4. The number of aromatic nitrogens is 2. The van der Waals surface area contributed by atoms with Gasteiger partial charge < -0.3 is 4.57 Å². The van der Waals surface area contributed by atoms with E-state index in [4.69, 9.17) is 0 Å². The summed E-state index contributed by atoms with van der Waals surface area (Å²) in [4.78, 5) is 0. The first-order chi connectivity index (χ1) is 20.2. The molecule has 0 bridgehead atoms. The van der Waals surface area contributed by atoms with E-state index in [-0.39, 0.29) is 11.8 Å². The van der Waals surface area contributed by atoms with Gasteiger partial charge in [-0.2, -0.15) is 17.7 Å². The topological polar surface area (TPSA) is 8.81 Å². The van der Waals surface area contributed by atoms with Crippen molar-refractivity contribution in [2.24, 2.45) is 12.5 Å². The highest BCUT2D eigenvalue weighted by atomic mass is 19.4. The lowest BCUT2D eigenvalue weighted by Gasteiger charge is -2.27. The Morgan fingerprint density at radius 1 is 0.721 bits per heavy atom. The van der Waals surface area contributed by atoms with Crippen molar-refractivity contribution in [3.63, 3.8) is 0 Å². The van der Waals surface area contributed by atoms with E-state index in [0.29, 0.717) is 5.56 Å². The fourth-order valence-electron chi connectivity index (χ4n) is 6.46. The van der Waals surface area contributed by atoms with Crippen LogP contribution >= 0.6 is 0 Å². The van der Waals surface area contributed by atoms with Crippen LogP contribution in [0.3, 0.4) is 0 Å². The highest BCUT2D eigenvalue weighted by molar-refractivity contribution is 6.13. The largest absolute Gasteiger partial charge is 0.394 e. The molecule has 0 saturated heterocycles. The minimum atomic E-state index is -4.29. The predicted octanol–water partition coefficient (Wildman–Crippen LogP) is 10.2. The molecule has 5 heteroatoms. The van der Waals surface area contributed by atoms with Crippen LogP contribution in [0, 0.1) is 12.3 Å². The Kier molecular flexibility index (Phi) is 6.72. The first kappa shape index (κ1) is 29.0. The highest BCUT2D eigenvalue weighted by Crippen LogP contribution is 2.43. The lowest BCUT2D eigenvalue weighted by molar-refractivity contribution is -0.659. The molecule has 0 fully saturated rings. The van der Waals surface area contributed by atoms with Crippen molar-refractivity contribution in [1.29, 1.82) is 0 Å². The summed E-state index contributed by atoms with van der Waals surface area (Å²) < 4.78 is 46.0. The molecule has 0 aliphatic rings. The van der Waals surface area contributed by atoms with Gasteiger partial charge in [-0.15, -0.1) is 0 Å². The van der Waals surface area contributed by atoms with Gasteiger partial charge in [-0.05, 0) is 76.6 Å². The van der Waals surface area contributed by atoms with E-state index in [1.54, 1.807) is 0 Å². The second kappa shape index (κ2) is 9.97. The number of pyridine rings is 1. The Morgan fingerprint density at radius 2 is 1.37 bits per heavy atom. The molecule has 0 saturated carbocycles. The van der Waals surface area contributed by atoms with Crippen LogP contribution in [0.25, 0.3) is 49.5 Å². The zero-order valence-electron chi connectivity index (χ0n) is 25.9. The molecule has 2 heterocycles. The summed E-state index contributed by atoms with van der Waals surface area (Å²) in [5.74, 6) is 0. The second-order valence-corrected chi connectivity index (χ2v) is 13.5. The molecule has 0 N–H and O–H groups in total. The van der Waals surface area contributed by atoms with Crippen LogP contribution in [0.15, 0.2) is 91.1 Å². The van der Waals surface area contributed by atoms with Gasteiger partial charge in [0.15, 0.2) is 6.20 Å². The van der Waals surface area contributed by atoms with E-state index in [9.17, 15) is 13.2 Å². The molecule has 0 amide bonds. The molecular formula is C38H38F3N2+. The van der Waals surface area contributed by atoms with Gasteiger partial charge in [-0.3, -0.25) is 0 Å². The van der Waals surface area contributed by atoms with Gasteiger partial charge in [-0.1, -0.05) is 83.1 Å². The molecule has 220 valence electrons. The smallest absolute Gasteiger partial charge is 0.303 e. The van der Waals surface area contributed by atoms with Crippen LogP contribution in [0.4, 0.5) is 13.2 Å². The molecule has 4 aromatic carbocycles. The lowest BCUT2D eigenvalue weighted by atomic mass is 9.80. The molecule has 6 rings (SSSR count). The van der Waals surface area contributed by atoms with E-state index >= 15 is 0 Å². The van der Waals surface area contributed by atoms with Gasteiger partial charge in [0.1, 0.15) is 12.6 Å². The van der Waals surface area contributed by atoms with Gasteiger partial charge in [0.25, 0.3) is 0 Å². The summed E-state index contributed by atoms with van der Waals surface area (Å²) in [6.07, 6.45) is -2.31. The number of hydrogen-bond acceptors (Lipinski definition) is 0. The van der Waals surface area contributed by atoms with Crippen LogP contribution in [-0.4, -0.2) is 10.7 Å². The quantitative estimate of drug-likeness (QED) is 0.184. The summed E-state index contributed by atoms with van der Waals surface area (Å²) in [5, 5.41) is 4.45. The Hall–Kier alpha value is -4.12. The first-order valence-electron chi connectivity index (χ1n) is 14.8. The second-order valence-electron chi connectivity index (χ2n) is 13.5. The van der Waals surface area contributed by atoms with Crippen molar-refractivity contribution in [2.75, 3.05) is 0 Å². The van der Waals surface area contributed by atoms with Gasteiger partial charge in [-0.25, -0.2) is 0 Å². The minimum absolute atomic E-state index is 0.0825. The maximum absolute atomic E-state index is 13.9. The van der Waals surface area contributed by atoms with E-state index in [1.165, 1.54) is 35.7 Å². The third-order valence-corrected chi connectivity index (χ3v) is 8.92. The molecule has 2 aromatic heterocycles. The van der Waals surface area contributed by atoms with Crippen LogP contribution in [0.2, 0.25) is 0 Å². The van der Waals surface area contributed by atoms with E-state index in [1.807, 2.05) is 36.4 Å². The zero-order chi connectivity index (χ0) is 30.9. The number of alkyl halides is 3. The minimum Gasteiger partial charge on any atom is -0.303 e. The normalized spacial score (nSPS) is 13.0. The van der Waals surface area contributed by atoms with Crippen molar-refractivity contribution in [2.45, 2.75) is 59.6 Å². The molecule has 6 aromatic rings. The maximum atomic E-state index is 13.9. The van der Waals surface area contributed by atoms with Gasteiger partial charge >= 0.3 is 6.18 Å². The molecule has 0 unspecified atom stereocenters. The molecule has 0 radical (unpaired) electrons. The summed E-state index contributed by atoms with van der Waals surface area (Å²) in [7, 11) is 2.07. The first-order valence-corrected chi connectivity index (χ1v) is 14.8. The average Bonchev–Trinajstić information content (AvgIpc) is 3.26. The predicted molar refractivity (Wildman–Crippen MR) is 172 cm³/mol. The van der Waals surface area contributed by atoms with Gasteiger partial charge in [0.2, 0.25) is 5.69 Å². The van der Waals surface area contributed by atoms with Gasteiger partial charge in [0.05, 0.1) is 16.5 Å². The van der Waals surface area contributed by atoms with Crippen LogP contribution in [0.1, 0.15) is 51.3 Å². The fraction of sp³-hybridized carbons (Fsp3) is 0.289. The molecule has 2 nitrogen and oxygen atoms in total. The molecular weight excluding hydrogens is 541 g/mol. The number of fused-ring (bicyclic) bond motifs is 4. The lowest BCUT2D eigenvalue weighted by Crippen LogP contribution is -2.34. The Bertz CT molecular complexity index is 2010. The Morgan fingerprint density at radius 3 is 2.02 bits per heavy atom. The third kappa shape index (κ3) is 4.79. The molecule has 0 spiro atoms. The molecule has 0 aliphatic carbocycles. The van der Waals surface area contributed by atoms with Crippen molar-refractivity contribution >= 4 is 32.6 Å². The van der Waals surface area contributed by atoms with Crippen molar-refractivity contribution in [1.82, 2.24) is 4.57 Å². The maximum Gasteiger partial charge on any atom is 0.394 e. The summed E-state index contributed by atoms with van der Waals surface area (Å²) in [5.41, 5.74) is 6.47. The van der Waals surface area contributed by atoms with Crippen molar-refractivity contribution in [3.05, 3.63) is 108 Å². The number of aryl methyl sites for hydroxylation is 2. The number of hydrogen-bond donors (Lipinski definition) is 0. The van der Waals surface area contributed by atoms with E-state index in [2.05, 4.69) is 98.6 Å². The molecule has 0 atom stereocenters. The monoisotopic (exact) mass is 579 g/mol. The van der Waals surface area contributed by atoms with E-state index in [0.717, 1.165) is 38.8 Å². The van der Waals surface area contributed by atoms with E-state index < -0.39 is 11.6 Å². The third-order valence-electron chi connectivity index (χ3n) is 8.92. The summed E-state index contributed by atoms with van der Waals surface area (Å²) in [6, 6.07) is 29.1. The van der Waals surface area contributed by atoms with Crippen LogP contribution in [0.5, 0.6) is 0 Å². The van der Waals surface area contributed by atoms with Gasteiger partial charge in [0, 0.05) is 22.5 Å². The fourth-order valence-corrected chi connectivity index (χ4v) is 6.46. The number of benzene rings is 4. The Labute approximate surface area is 251 Å². The molecule has 43 heavy (non-hydrogen) atoms. The van der Waals surface area contributed by atoms with Crippen molar-refractivity contribution in [3.8, 4) is 16.9 Å². The zero-order valence-corrected chi connectivity index (χ0v) is 25.9. The number of para-hydroxylation sites is 1. The summed E-state index contributed by atoms with van der Waals surface area (Å²) in [6.45, 7) is 11.5. The highest BCUT2D eigenvalue weighted by Gasteiger charge is 2.47. The van der Waals surface area contributed by atoms with Crippen molar-refractivity contribution < 1.29 is 17.7 Å². The standard InChI is InChI=1S/C38H38F3N2/c1-24-27-15-11-12-16-28(27)32(36(2,3)4)22-30(24)34-35-29(19-20-42(34)7)31-21-25(23-37(5,6)38(39,40)41)17-18-33(31)43(35)26-13-9-8-10-14-26/h8-22H,23H2,1-7H3/q+1. The number of halogens is 3. The molecule has 0 aliphatic heterocycles. The van der Waals surface area contributed by atoms with Crippen LogP contribution < -0.4 is 4.57 Å². The van der Waals surface area contributed by atoms with Crippen LogP contribution in [-0.2, 0) is 18.9 Å². The Balaban J connectivity index is 1.74. The number of nitrogens with zero attached hydrogens (tertiary/aromatic N) is 2. The summed E-state index contributed by atoms with van der Waals surface area (Å²) >= 11 is 0.